The first-order valence-electron chi connectivity index (χ1n) is 6.25. The summed E-state index contributed by atoms with van der Waals surface area (Å²) >= 11 is 11.8. The second kappa shape index (κ2) is 7.90. The number of nitrogens with one attached hydrogen (secondary N) is 1. The van der Waals surface area contributed by atoms with E-state index in [-0.39, 0.29) is 24.3 Å². The number of carboxylic acids is 1. The first kappa shape index (κ1) is 17.3. The zero-order chi connectivity index (χ0) is 16.0. The lowest BCUT2D eigenvalue weighted by Gasteiger charge is -2.13. The van der Waals surface area contributed by atoms with E-state index < -0.39 is 11.9 Å². The van der Waals surface area contributed by atoms with Gasteiger partial charge in [-0.2, -0.15) is 0 Å². The number of halogens is 2. The van der Waals surface area contributed by atoms with Gasteiger partial charge in [0, 0.05) is 15.7 Å². The van der Waals surface area contributed by atoms with Crippen LogP contribution in [0.25, 0.3) is 0 Å². The average molecular weight is 332 g/mol. The maximum absolute atomic E-state index is 12.0. The molecule has 0 aromatic heterocycles. The number of esters is 1. The van der Waals surface area contributed by atoms with E-state index >= 15 is 0 Å². The molecule has 0 aliphatic carbocycles. The van der Waals surface area contributed by atoms with Crippen LogP contribution in [0.15, 0.2) is 29.5 Å². The van der Waals surface area contributed by atoms with Crippen molar-refractivity contribution in [3.8, 4) is 0 Å². The van der Waals surface area contributed by atoms with Gasteiger partial charge >= 0.3 is 11.9 Å². The summed E-state index contributed by atoms with van der Waals surface area (Å²) in [7, 11) is 0. The number of rotatable bonds is 6. The van der Waals surface area contributed by atoms with Gasteiger partial charge in [0.15, 0.2) is 0 Å². The van der Waals surface area contributed by atoms with Crippen LogP contribution < -0.4 is 5.32 Å². The first-order chi connectivity index (χ1) is 9.88. The summed E-state index contributed by atoms with van der Waals surface area (Å²) in [6.45, 7) is 3.41. The molecule has 0 bridgehead atoms. The van der Waals surface area contributed by atoms with Gasteiger partial charge < -0.3 is 15.2 Å². The van der Waals surface area contributed by atoms with Crippen molar-refractivity contribution < 1.29 is 19.4 Å². The van der Waals surface area contributed by atoms with Crippen LogP contribution in [0, 0.1) is 0 Å². The number of aliphatic carboxylic acids is 1. The third-order valence-electron chi connectivity index (χ3n) is 2.52. The Balaban J connectivity index is 3.25. The predicted molar refractivity (Wildman–Crippen MR) is 81.7 cm³/mol. The van der Waals surface area contributed by atoms with Crippen molar-refractivity contribution in [2.45, 2.75) is 20.3 Å². The number of benzene rings is 1. The molecule has 0 unspecified atom stereocenters. The zero-order valence-electron chi connectivity index (χ0n) is 11.6. The van der Waals surface area contributed by atoms with Crippen LogP contribution in [-0.2, 0) is 14.3 Å². The molecule has 0 atom stereocenters. The molecular formula is C14H15Cl2NO4. The van der Waals surface area contributed by atoms with Crippen LogP contribution in [0.5, 0.6) is 0 Å². The van der Waals surface area contributed by atoms with Gasteiger partial charge in [0.25, 0.3) is 0 Å². The molecule has 0 radical (unpaired) electrons. The van der Waals surface area contributed by atoms with Crippen molar-refractivity contribution in [3.63, 3.8) is 0 Å². The average Bonchev–Trinajstić information content (AvgIpc) is 2.37. The van der Waals surface area contributed by atoms with E-state index in [4.69, 9.17) is 27.9 Å². The largest absolute Gasteiger partial charge is 0.478 e. The molecule has 1 aromatic rings. The molecule has 0 aliphatic heterocycles. The van der Waals surface area contributed by atoms with Crippen molar-refractivity contribution in [3.05, 3.63) is 39.5 Å². The van der Waals surface area contributed by atoms with Crippen molar-refractivity contribution in [2.75, 3.05) is 11.9 Å². The van der Waals surface area contributed by atoms with E-state index in [0.29, 0.717) is 15.7 Å². The molecule has 21 heavy (non-hydrogen) atoms. The minimum Gasteiger partial charge on any atom is -0.478 e. The molecule has 2 N–H and O–H groups in total. The Bertz CT molecular complexity index is 564. The highest BCUT2D eigenvalue weighted by atomic mass is 35.5. The van der Waals surface area contributed by atoms with Gasteiger partial charge in [-0.25, -0.2) is 9.59 Å². The topological polar surface area (TPSA) is 75.6 Å². The third kappa shape index (κ3) is 4.95. The van der Waals surface area contributed by atoms with E-state index in [1.54, 1.807) is 13.8 Å². The lowest BCUT2D eigenvalue weighted by atomic mass is 10.1. The molecule has 0 saturated carbocycles. The number of anilines is 1. The molecule has 0 spiro atoms. The molecule has 0 saturated heterocycles. The van der Waals surface area contributed by atoms with Crippen LogP contribution in [-0.4, -0.2) is 23.7 Å². The standard InChI is InChI=1S/C14H15Cl2NO4/c1-3-11(13(18)19)12(14(20)21-4-2)17-10-6-8(15)5-9(16)7-10/h5-7,17H,3-4H2,1-2H3,(H,18,19). The molecule has 0 aliphatic rings. The normalized spacial score (nSPS) is 11.6. The number of hydrogen-bond acceptors (Lipinski definition) is 4. The lowest BCUT2D eigenvalue weighted by molar-refractivity contribution is -0.139. The molecule has 0 fully saturated rings. The molecule has 1 rings (SSSR count). The molecule has 0 heterocycles. The Morgan fingerprint density at radius 1 is 1.19 bits per heavy atom. The van der Waals surface area contributed by atoms with Gasteiger partial charge in [-0.15, -0.1) is 0 Å². The predicted octanol–water partition coefficient (Wildman–Crippen LogP) is 3.72. The van der Waals surface area contributed by atoms with Gasteiger partial charge in [-0.05, 0) is 31.5 Å². The zero-order valence-corrected chi connectivity index (χ0v) is 13.1. The van der Waals surface area contributed by atoms with Gasteiger partial charge in [0.05, 0.1) is 12.2 Å². The SMILES string of the molecule is CCOC(=O)C(Nc1cc(Cl)cc(Cl)c1)=C(CC)C(=O)O. The fraction of sp³-hybridized carbons (Fsp3) is 0.286. The molecule has 0 amide bonds. The highest BCUT2D eigenvalue weighted by molar-refractivity contribution is 6.35. The minimum atomic E-state index is -1.19. The second-order valence-corrected chi connectivity index (χ2v) is 4.89. The van der Waals surface area contributed by atoms with E-state index in [9.17, 15) is 14.7 Å². The Morgan fingerprint density at radius 3 is 2.19 bits per heavy atom. The van der Waals surface area contributed by atoms with Crippen LogP contribution in [0.3, 0.4) is 0 Å². The quantitative estimate of drug-likeness (QED) is 0.613. The summed E-state index contributed by atoms with van der Waals surface area (Å²) in [5.74, 6) is -1.94. The summed E-state index contributed by atoms with van der Waals surface area (Å²) in [5, 5.41) is 12.6. The molecular weight excluding hydrogens is 317 g/mol. The summed E-state index contributed by atoms with van der Waals surface area (Å²) in [6.07, 6.45) is 0.158. The molecule has 7 heteroatoms. The Labute approximate surface area is 132 Å². The summed E-state index contributed by atoms with van der Waals surface area (Å²) in [4.78, 5) is 23.2. The summed E-state index contributed by atoms with van der Waals surface area (Å²) < 4.78 is 4.88. The number of carboxylic acid groups (broad SMARTS) is 1. The van der Waals surface area contributed by atoms with Gasteiger partial charge in [0.2, 0.25) is 0 Å². The number of carbonyl (C=O) groups is 2. The van der Waals surface area contributed by atoms with Gasteiger partial charge in [-0.3, -0.25) is 0 Å². The van der Waals surface area contributed by atoms with E-state index in [1.807, 2.05) is 0 Å². The van der Waals surface area contributed by atoms with Crippen molar-refractivity contribution in [2.24, 2.45) is 0 Å². The van der Waals surface area contributed by atoms with Crippen LogP contribution in [0.2, 0.25) is 10.0 Å². The Kier molecular flexibility index (Phi) is 6.52. The fourth-order valence-corrected chi connectivity index (χ4v) is 2.18. The van der Waals surface area contributed by atoms with Gasteiger partial charge in [-0.1, -0.05) is 30.1 Å². The number of ether oxygens (including phenoxy) is 1. The molecule has 114 valence electrons. The van der Waals surface area contributed by atoms with Crippen molar-refractivity contribution in [1.82, 2.24) is 0 Å². The highest BCUT2D eigenvalue weighted by Gasteiger charge is 2.21. The van der Waals surface area contributed by atoms with E-state index in [2.05, 4.69) is 5.32 Å². The fourth-order valence-electron chi connectivity index (χ4n) is 1.66. The maximum atomic E-state index is 12.0. The first-order valence-corrected chi connectivity index (χ1v) is 7.01. The van der Waals surface area contributed by atoms with E-state index in [0.717, 1.165) is 0 Å². The smallest absolute Gasteiger partial charge is 0.355 e. The third-order valence-corrected chi connectivity index (χ3v) is 2.96. The lowest BCUT2D eigenvalue weighted by Crippen LogP contribution is -2.20. The summed E-state index contributed by atoms with van der Waals surface area (Å²) in [6, 6.07) is 4.59. The minimum absolute atomic E-state index is 0.0791. The van der Waals surface area contributed by atoms with Crippen molar-refractivity contribution in [1.29, 1.82) is 0 Å². The highest BCUT2D eigenvalue weighted by Crippen LogP contribution is 2.24. The number of hydrogen-bond donors (Lipinski definition) is 2. The maximum Gasteiger partial charge on any atom is 0.355 e. The molecule has 1 aromatic carbocycles. The van der Waals surface area contributed by atoms with E-state index in [1.165, 1.54) is 18.2 Å². The van der Waals surface area contributed by atoms with Gasteiger partial charge in [0.1, 0.15) is 5.70 Å². The monoisotopic (exact) mass is 331 g/mol. The number of carbonyl (C=O) groups excluding carboxylic acids is 1. The van der Waals surface area contributed by atoms with Crippen LogP contribution >= 0.6 is 23.2 Å². The van der Waals surface area contributed by atoms with Crippen molar-refractivity contribution >= 4 is 40.8 Å². The Morgan fingerprint density at radius 2 is 1.76 bits per heavy atom. The van der Waals surface area contributed by atoms with Crippen LogP contribution in [0.4, 0.5) is 5.69 Å². The molecule has 5 nitrogen and oxygen atoms in total. The van der Waals surface area contributed by atoms with Crippen LogP contribution in [0.1, 0.15) is 20.3 Å². The Hall–Kier alpha value is -1.72. The second-order valence-electron chi connectivity index (χ2n) is 4.02. The summed E-state index contributed by atoms with van der Waals surface area (Å²) in [5.41, 5.74) is 0.192.